The molecular formula is C14H26N2O3S. The van der Waals surface area contributed by atoms with Crippen molar-refractivity contribution in [1.29, 1.82) is 0 Å². The topological polar surface area (TPSA) is 60.9 Å². The van der Waals surface area contributed by atoms with Crippen LogP contribution < -0.4 is 0 Å². The number of nitrogens with zero attached hydrogens (tertiary/aromatic N) is 2. The first kappa shape index (κ1) is 17.1. The van der Waals surface area contributed by atoms with E-state index < -0.39 is 12.0 Å². The highest BCUT2D eigenvalue weighted by atomic mass is 32.2. The van der Waals surface area contributed by atoms with Crippen molar-refractivity contribution in [2.24, 2.45) is 11.8 Å². The van der Waals surface area contributed by atoms with Crippen LogP contribution in [-0.4, -0.2) is 57.7 Å². The number of carboxylic acids is 1. The van der Waals surface area contributed by atoms with E-state index in [1.54, 1.807) is 28.6 Å². The van der Waals surface area contributed by atoms with Gasteiger partial charge in [-0.15, -0.1) is 11.8 Å². The number of hydrogen-bond donors (Lipinski definition) is 1. The number of carbonyl (C=O) groups is 2. The average molecular weight is 302 g/mol. The van der Waals surface area contributed by atoms with E-state index in [0.717, 1.165) is 6.42 Å². The lowest BCUT2D eigenvalue weighted by atomic mass is 10.1. The third-order valence-electron chi connectivity index (χ3n) is 3.72. The summed E-state index contributed by atoms with van der Waals surface area (Å²) in [4.78, 5) is 27.2. The summed E-state index contributed by atoms with van der Waals surface area (Å²) in [5.74, 6) is 0.220. The van der Waals surface area contributed by atoms with Crippen molar-refractivity contribution in [3.8, 4) is 0 Å². The van der Waals surface area contributed by atoms with Crippen molar-refractivity contribution in [3.63, 3.8) is 0 Å². The average Bonchev–Trinajstić information content (AvgIpc) is 2.82. The van der Waals surface area contributed by atoms with Crippen LogP contribution in [0.2, 0.25) is 0 Å². The zero-order valence-corrected chi connectivity index (χ0v) is 13.8. The van der Waals surface area contributed by atoms with Crippen LogP contribution in [-0.2, 0) is 4.79 Å². The van der Waals surface area contributed by atoms with Crippen molar-refractivity contribution >= 4 is 23.8 Å². The van der Waals surface area contributed by atoms with Crippen LogP contribution in [0, 0.1) is 11.8 Å². The highest BCUT2D eigenvalue weighted by Crippen LogP contribution is 2.34. The lowest BCUT2D eigenvalue weighted by Gasteiger charge is -2.34. The fourth-order valence-electron chi connectivity index (χ4n) is 2.35. The summed E-state index contributed by atoms with van der Waals surface area (Å²) < 4.78 is 0. The fourth-order valence-corrected chi connectivity index (χ4v) is 3.81. The van der Waals surface area contributed by atoms with Crippen LogP contribution in [0.15, 0.2) is 0 Å². The summed E-state index contributed by atoms with van der Waals surface area (Å²) in [5, 5.41) is 9.26. The summed E-state index contributed by atoms with van der Waals surface area (Å²) in [6.45, 7) is 8.89. The number of aliphatic carboxylic acids is 1. The molecule has 0 aliphatic carbocycles. The van der Waals surface area contributed by atoms with Crippen molar-refractivity contribution in [3.05, 3.63) is 0 Å². The van der Waals surface area contributed by atoms with Gasteiger partial charge in [-0.25, -0.2) is 9.59 Å². The molecule has 1 rings (SSSR count). The molecule has 0 radical (unpaired) electrons. The van der Waals surface area contributed by atoms with Gasteiger partial charge >= 0.3 is 12.0 Å². The largest absolute Gasteiger partial charge is 0.480 e. The molecule has 0 aromatic heterocycles. The Hall–Kier alpha value is -0.910. The molecule has 1 fully saturated rings. The molecule has 0 saturated carbocycles. The monoisotopic (exact) mass is 302 g/mol. The number of thioether (sulfide) groups is 1. The van der Waals surface area contributed by atoms with Gasteiger partial charge in [0.2, 0.25) is 0 Å². The third kappa shape index (κ3) is 3.81. The maximum absolute atomic E-state index is 12.6. The highest BCUT2D eigenvalue weighted by molar-refractivity contribution is 8.00. The normalized spacial score (nSPS) is 24.0. The van der Waals surface area contributed by atoms with Gasteiger partial charge in [-0.2, -0.15) is 0 Å². The summed E-state index contributed by atoms with van der Waals surface area (Å²) in [6, 6.07) is -0.874. The minimum Gasteiger partial charge on any atom is -0.480 e. The zero-order chi connectivity index (χ0) is 15.4. The van der Waals surface area contributed by atoms with Crippen molar-refractivity contribution in [2.75, 3.05) is 19.3 Å². The molecule has 1 saturated heterocycles. The molecule has 1 aliphatic heterocycles. The van der Waals surface area contributed by atoms with E-state index in [9.17, 15) is 14.7 Å². The second-order valence-electron chi connectivity index (χ2n) is 5.91. The van der Waals surface area contributed by atoms with E-state index in [0.29, 0.717) is 18.2 Å². The third-order valence-corrected chi connectivity index (χ3v) is 5.34. The maximum Gasteiger partial charge on any atom is 0.327 e. The van der Waals surface area contributed by atoms with E-state index in [1.165, 1.54) is 0 Å². The quantitative estimate of drug-likeness (QED) is 0.848. The predicted molar refractivity (Wildman–Crippen MR) is 81.8 cm³/mol. The summed E-state index contributed by atoms with van der Waals surface area (Å²) >= 11 is 1.56. The molecule has 0 bridgehead atoms. The van der Waals surface area contributed by atoms with Crippen molar-refractivity contribution in [2.45, 2.75) is 45.5 Å². The van der Waals surface area contributed by atoms with E-state index in [2.05, 4.69) is 13.8 Å². The van der Waals surface area contributed by atoms with Gasteiger partial charge in [0.25, 0.3) is 0 Å². The van der Waals surface area contributed by atoms with Gasteiger partial charge in [-0.1, -0.05) is 34.1 Å². The Bertz CT molecular complexity index is 362. The molecular weight excluding hydrogens is 276 g/mol. The Morgan fingerprint density at radius 3 is 2.45 bits per heavy atom. The molecule has 1 aliphatic rings. The Labute approximate surface area is 125 Å². The summed E-state index contributed by atoms with van der Waals surface area (Å²) in [6.07, 6.45) is 1.00. The van der Waals surface area contributed by atoms with Gasteiger partial charge in [0.1, 0.15) is 6.04 Å². The standard InChI is InChI=1S/C14H26N2O3S/c1-6-10(4)7-15(5)14(19)16-11(13(17)18)8-20-12(16)9(2)3/h9-12H,6-8H2,1-5H3,(H,17,18). The van der Waals surface area contributed by atoms with E-state index in [4.69, 9.17) is 0 Å². The first-order valence-corrected chi connectivity index (χ1v) is 8.22. The van der Waals surface area contributed by atoms with Crippen LogP contribution >= 0.6 is 11.8 Å². The van der Waals surface area contributed by atoms with Gasteiger partial charge in [0, 0.05) is 19.3 Å². The van der Waals surface area contributed by atoms with Gasteiger partial charge < -0.3 is 10.0 Å². The summed E-state index contributed by atoms with van der Waals surface area (Å²) in [5.41, 5.74) is 0. The highest BCUT2D eigenvalue weighted by Gasteiger charge is 2.43. The van der Waals surface area contributed by atoms with Gasteiger partial charge in [-0.05, 0) is 11.8 Å². The molecule has 0 aromatic carbocycles. The summed E-state index contributed by atoms with van der Waals surface area (Å²) in [7, 11) is 1.76. The van der Waals surface area contributed by atoms with Crippen molar-refractivity contribution < 1.29 is 14.7 Å². The Morgan fingerprint density at radius 1 is 1.40 bits per heavy atom. The molecule has 20 heavy (non-hydrogen) atoms. The maximum atomic E-state index is 12.6. The number of carboxylic acid groups (broad SMARTS) is 1. The van der Waals surface area contributed by atoms with Gasteiger partial charge in [0.15, 0.2) is 0 Å². The minimum absolute atomic E-state index is 0.0528. The molecule has 3 atom stereocenters. The van der Waals surface area contributed by atoms with E-state index >= 15 is 0 Å². The second kappa shape index (κ2) is 7.20. The number of amides is 2. The van der Waals surface area contributed by atoms with Crippen molar-refractivity contribution in [1.82, 2.24) is 9.80 Å². The first-order chi connectivity index (χ1) is 9.29. The van der Waals surface area contributed by atoms with Crippen LogP contribution in [0.3, 0.4) is 0 Å². The molecule has 3 unspecified atom stereocenters. The Morgan fingerprint density at radius 2 is 2.00 bits per heavy atom. The van der Waals surface area contributed by atoms with Crippen LogP contribution in [0.4, 0.5) is 4.79 Å². The predicted octanol–water partition coefficient (Wildman–Crippen LogP) is 2.57. The molecule has 6 heteroatoms. The van der Waals surface area contributed by atoms with Crippen LogP contribution in [0.1, 0.15) is 34.1 Å². The molecule has 0 spiro atoms. The van der Waals surface area contributed by atoms with E-state index in [1.807, 2.05) is 13.8 Å². The van der Waals surface area contributed by atoms with E-state index in [-0.39, 0.29) is 17.3 Å². The number of rotatable bonds is 5. The molecule has 1 N–H and O–H groups in total. The SMILES string of the molecule is CCC(C)CN(C)C(=O)N1C(C(=O)O)CSC1C(C)C. The molecule has 5 nitrogen and oxygen atoms in total. The minimum atomic E-state index is -0.911. The lowest BCUT2D eigenvalue weighted by Crippen LogP contribution is -2.52. The molecule has 116 valence electrons. The lowest BCUT2D eigenvalue weighted by molar-refractivity contribution is -0.141. The van der Waals surface area contributed by atoms with Gasteiger partial charge in [-0.3, -0.25) is 4.90 Å². The smallest absolute Gasteiger partial charge is 0.327 e. The van der Waals surface area contributed by atoms with Gasteiger partial charge in [0.05, 0.1) is 5.37 Å². The molecule has 0 aromatic rings. The zero-order valence-electron chi connectivity index (χ0n) is 13.0. The number of carbonyl (C=O) groups excluding carboxylic acids is 1. The molecule has 1 heterocycles. The van der Waals surface area contributed by atoms with Crippen LogP contribution in [0.25, 0.3) is 0 Å². The Kier molecular flexibility index (Phi) is 6.17. The Balaban J connectivity index is 2.86. The first-order valence-electron chi connectivity index (χ1n) is 7.17. The molecule has 2 amide bonds. The van der Waals surface area contributed by atoms with Crippen LogP contribution in [0.5, 0.6) is 0 Å². The second-order valence-corrected chi connectivity index (χ2v) is 7.06. The fraction of sp³-hybridized carbons (Fsp3) is 0.857. The number of hydrogen-bond acceptors (Lipinski definition) is 3. The number of urea groups is 1.